The van der Waals surface area contributed by atoms with Crippen molar-refractivity contribution < 1.29 is 23.9 Å². The lowest BCUT2D eigenvalue weighted by Crippen LogP contribution is -2.39. The van der Waals surface area contributed by atoms with Crippen molar-refractivity contribution in [2.24, 2.45) is 44.8 Å². The summed E-state index contributed by atoms with van der Waals surface area (Å²) in [6, 6.07) is 66.4. The van der Waals surface area contributed by atoms with Crippen LogP contribution in [0.1, 0.15) is 105 Å². The van der Waals surface area contributed by atoms with Gasteiger partial charge in [-0.25, -0.2) is 19.9 Å². The fourth-order valence-electron chi connectivity index (χ4n) is 18.5. The molecule has 20 rings (SSSR count). The normalized spacial score (nSPS) is 14.8. The van der Waals surface area contributed by atoms with Crippen molar-refractivity contribution >= 4 is 67.8 Å². The minimum atomic E-state index is 0.275. The number of aromatic amines is 1. The number of carbonyl (C=O) groups excluding carboxylic acids is 4. The lowest BCUT2D eigenvalue weighted by molar-refractivity contribution is -0.755. The smallest absolute Gasteiger partial charge is 0.248 e. The first kappa shape index (κ1) is 87.2. The molecule has 12 heterocycles. The highest BCUT2D eigenvalue weighted by atomic mass is 16.2. The number of hydrogen-bond donors (Lipinski definition) is 1. The SMILES string of the molecule is Cc1[nH]ncc1-c1ccc2c(c1)ncn2CC1CCN(C(=O)CCc2ccccc2)CC1.Cn1cc(-c2ccc3c(c2)ncn3CC2CCN(C(=O)CCc3ccccc3)CC2)nn1.Cn1nc(-c2ccc3c(c2)ncn3CC2CCN(C(=O)CCc3ccccc3)CC2)c[n+]1C.O=C(CCc1ccccc1)N1CCC(Cn2cnc3cc(-c4cnccn4)ccc32)CC1. The lowest BCUT2D eigenvalue weighted by Gasteiger charge is -2.32. The minimum Gasteiger partial charge on any atom is -0.343 e. The molecule has 0 radical (unpaired) electrons. The van der Waals surface area contributed by atoms with E-state index in [0.717, 1.165) is 250 Å². The van der Waals surface area contributed by atoms with Gasteiger partial charge in [0.2, 0.25) is 29.3 Å². The van der Waals surface area contributed by atoms with E-state index in [1.54, 1.807) is 23.3 Å². The van der Waals surface area contributed by atoms with Crippen LogP contribution in [0, 0.1) is 30.6 Å². The number of nitrogens with one attached hydrogen (secondary N) is 1. The summed E-state index contributed by atoms with van der Waals surface area (Å²) in [5.74, 6) is 3.36. The Bertz CT molecular complexity index is 6360. The third kappa shape index (κ3) is 22.4. The molecule has 4 aliphatic heterocycles. The third-order valence-electron chi connectivity index (χ3n) is 26.3. The maximum atomic E-state index is 12.6. The van der Waals surface area contributed by atoms with Gasteiger partial charge in [-0.1, -0.05) is 145 Å². The summed E-state index contributed by atoms with van der Waals surface area (Å²) in [6.45, 7) is 12.6. The van der Waals surface area contributed by atoms with E-state index in [9.17, 15) is 19.2 Å². The summed E-state index contributed by atoms with van der Waals surface area (Å²) in [6.07, 6.45) is 32.7. The Balaban J connectivity index is 0.000000121. The molecular formula is C103H115N22O4+. The standard InChI is InChI=1S/C26H31N6O.C26H29N5O.C26H27N5O.C25H28N6O/c1-29-18-24(28-30(29)2)22-9-10-25-23(16-22)27-19-32(25)17-21-12-14-31(15-13-21)26(33)11-8-20-6-4-3-5-7-20;1-19-23(16-28-29-19)22-8-9-25-24(15-22)27-18-31(25)17-21-11-13-30(14-12-21)26(32)10-7-20-5-3-2-4-6-20;32-26(9-6-20-4-2-1-3-5-20)30-14-10-21(11-15-30)18-31-19-29-23-16-22(7-8-25(23)31)24-17-27-12-13-28-24;1-29-17-23(27-28-29)21-8-9-24-22(15-21)26-18-31(24)16-20-11-13-30(14-12-20)25(32)10-7-19-5-3-2-4-6-19/h3-7,9-10,16,18-19,21H,8,11-15,17H2,1-2H3;2-6,8-9,15-16,18,21H,7,10-14,17H2,1H3,(H,28,29);1-5,7-8,12-13,16-17,19,21H,6,9-11,14-15,18H2;2-6,8-9,15,17-18,20H,7,10-14,16H2,1H3/q+1;;;. The predicted molar refractivity (Wildman–Crippen MR) is 502 cm³/mol. The molecule has 0 aliphatic carbocycles. The molecule has 4 aliphatic rings. The molecule has 1 N–H and O–H groups in total. The van der Waals surface area contributed by atoms with Gasteiger partial charge >= 0.3 is 0 Å². The molecule has 0 spiro atoms. The molecule has 16 aromatic rings. The average Bonchev–Trinajstić information content (AvgIpc) is 1.68. The van der Waals surface area contributed by atoms with E-state index in [1.807, 2.05) is 174 Å². The van der Waals surface area contributed by atoms with E-state index in [0.29, 0.717) is 49.4 Å². The number of aromatic nitrogens is 18. The second kappa shape index (κ2) is 41.7. The van der Waals surface area contributed by atoms with Crippen molar-refractivity contribution in [2.75, 3.05) is 52.4 Å². The van der Waals surface area contributed by atoms with Gasteiger partial charge in [0.15, 0.2) is 6.20 Å². The number of nitrogens with zero attached hydrogens (tertiary/aromatic N) is 21. The van der Waals surface area contributed by atoms with Crippen LogP contribution in [0.4, 0.5) is 0 Å². The highest BCUT2D eigenvalue weighted by Gasteiger charge is 2.29. The number of likely N-dealkylation sites (tertiary alicyclic amines) is 4. The number of fused-ring (bicyclic) bond motifs is 4. The van der Waals surface area contributed by atoms with E-state index in [-0.39, 0.29) is 23.6 Å². The van der Waals surface area contributed by atoms with Crippen LogP contribution in [0.25, 0.3) is 89.0 Å². The topological polar surface area (TPSA) is 259 Å². The lowest BCUT2D eigenvalue weighted by atomic mass is 9.96. The van der Waals surface area contributed by atoms with E-state index in [2.05, 4.69) is 195 Å². The summed E-state index contributed by atoms with van der Waals surface area (Å²) in [5, 5.41) is 19.9. The van der Waals surface area contributed by atoms with Crippen LogP contribution < -0.4 is 4.68 Å². The monoisotopic (exact) mass is 1720 g/mol. The van der Waals surface area contributed by atoms with E-state index < -0.39 is 0 Å². The minimum absolute atomic E-state index is 0.275. The Hall–Kier alpha value is -13.9. The number of rotatable bonds is 24. The number of carbonyl (C=O) groups is 4. The first-order valence-electron chi connectivity index (χ1n) is 45.8. The molecule has 26 nitrogen and oxygen atoms in total. The number of imidazole rings is 4. The van der Waals surface area contributed by atoms with Crippen molar-refractivity contribution in [2.45, 2.75) is 136 Å². The zero-order chi connectivity index (χ0) is 88.4. The van der Waals surface area contributed by atoms with Gasteiger partial charge < -0.3 is 37.9 Å². The maximum Gasteiger partial charge on any atom is 0.248 e. The second-order valence-corrected chi connectivity index (χ2v) is 35.1. The molecule has 8 aromatic heterocycles. The average molecular weight is 1730 g/mol. The van der Waals surface area contributed by atoms with Gasteiger partial charge in [-0.15, -0.1) is 5.10 Å². The summed E-state index contributed by atoms with van der Waals surface area (Å²) >= 11 is 0. The molecule has 129 heavy (non-hydrogen) atoms. The second-order valence-electron chi connectivity index (χ2n) is 35.1. The number of benzene rings is 8. The number of amides is 4. The summed E-state index contributed by atoms with van der Waals surface area (Å²) < 4.78 is 12.7. The van der Waals surface area contributed by atoms with Crippen molar-refractivity contribution in [3.63, 3.8) is 0 Å². The number of piperidine rings is 4. The molecule has 8 aromatic carbocycles. The molecule has 0 bridgehead atoms. The highest BCUT2D eigenvalue weighted by molar-refractivity contribution is 5.85. The van der Waals surface area contributed by atoms with Crippen LogP contribution in [0.15, 0.2) is 257 Å². The van der Waals surface area contributed by atoms with Gasteiger partial charge in [0, 0.05) is 157 Å². The first-order chi connectivity index (χ1) is 63.1. The predicted octanol–water partition coefficient (Wildman–Crippen LogP) is 15.8. The highest BCUT2D eigenvalue weighted by Crippen LogP contribution is 2.33. The van der Waals surface area contributed by atoms with Crippen LogP contribution in [0.3, 0.4) is 0 Å². The van der Waals surface area contributed by atoms with Crippen LogP contribution in [-0.2, 0) is 92.2 Å². The number of H-pyrrole nitrogens is 1. The van der Waals surface area contributed by atoms with E-state index in [1.165, 1.54) is 22.3 Å². The molecule has 660 valence electrons. The third-order valence-corrected chi connectivity index (χ3v) is 26.3. The van der Waals surface area contributed by atoms with E-state index >= 15 is 0 Å². The summed E-state index contributed by atoms with van der Waals surface area (Å²) in [4.78, 5) is 87.6. The Morgan fingerprint density at radius 3 is 1.02 bits per heavy atom. The Labute approximate surface area is 752 Å². The molecule has 4 saturated heterocycles. The molecular weight excluding hydrogens is 1610 g/mol. The molecule has 0 unspecified atom stereocenters. The molecule has 0 atom stereocenters. The fourth-order valence-corrected chi connectivity index (χ4v) is 18.5. The first-order valence-corrected chi connectivity index (χ1v) is 45.8. The number of hydrogen-bond acceptors (Lipinski definition) is 14. The van der Waals surface area contributed by atoms with Gasteiger partial charge in [0.25, 0.3) is 0 Å². The van der Waals surface area contributed by atoms with Crippen molar-refractivity contribution in [1.29, 1.82) is 0 Å². The quantitative estimate of drug-likeness (QED) is 0.0552. The molecule has 4 amide bonds. The summed E-state index contributed by atoms with van der Waals surface area (Å²) in [7, 11) is 5.77. The van der Waals surface area contributed by atoms with Gasteiger partial charge in [0.05, 0.1) is 101 Å². The van der Waals surface area contributed by atoms with Crippen molar-refractivity contribution in [3.05, 3.63) is 285 Å². The zero-order valence-electron chi connectivity index (χ0n) is 74.4. The molecule has 4 fully saturated rings. The van der Waals surface area contributed by atoms with Gasteiger partial charge in [-0.2, -0.15) is 9.78 Å². The molecule has 26 heteroatoms. The van der Waals surface area contributed by atoms with Crippen molar-refractivity contribution in [3.8, 4) is 44.9 Å². The number of aryl methyl sites for hydroxylation is 8. The largest absolute Gasteiger partial charge is 0.343 e. The summed E-state index contributed by atoms with van der Waals surface area (Å²) in [5.41, 5.74) is 22.6. The van der Waals surface area contributed by atoms with E-state index in [4.69, 9.17) is 0 Å². The van der Waals surface area contributed by atoms with Gasteiger partial charge in [0.1, 0.15) is 12.7 Å². The Morgan fingerprint density at radius 2 is 0.721 bits per heavy atom. The Kier molecular flexibility index (Phi) is 28.2. The van der Waals surface area contributed by atoms with Crippen molar-refractivity contribution in [1.82, 2.24) is 103 Å². The Morgan fingerprint density at radius 1 is 0.388 bits per heavy atom. The maximum absolute atomic E-state index is 12.6. The molecule has 0 saturated carbocycles. The zero-order valence-corrected chi connectivity index (χ0v) is 74.4. The van der Waals surface area contributed by atoms with Crippen LogP contribution >= 0.6 is 0 Å². The van der Waals surface area contributed by atoms with Crippen LogP contribution in [-0.4, -0.2) is 179 Å². The van der Waals surface area contributed by atoms with Crippen LogP contribution in [0.2, 0.25) is 0 Å². The van der Waals surface area contributed by atoms with Gasteiger partial charge in [-0.05, 0) is 195 Å². The van der Waals surface area contributed by atoms with Crippen LogP contribution in [0.5, 0.6) is 0 Å². The fraction of sp³-hybridized carbons (Fsp3) is 0.350. The van der Waals surface area contributed by atoms with Gasteiger partial charge in [-0.3, -0.25) is 38.9 Å².